The maximum atomic E-state index is 6.25. The molecule has 272 valence electrons. The van der Waals surface area contributed by atoms with E-state index in [2.05, 4.69) is 217 Å². The van der Waals surface area contributed by atoms with Crippen molar-refractivity contribution in [2.75, 3.05) is 0 Å². The molecule has 0 N–H and O–H groups in total. The predicted octanol–water partition coefficient (Wildman–Crippen LogP) is 15.5. The van der Waals surface area contributed by atoms with Crippen molar-refractivity contribution in [1.29, 1.82) is 0 Å². The molecule has 0 bridgehead atoms. The van der Waals surface area contributed by atoms with Crippen LogP contribution < -0.4 is 0 Å². The average molecular weight is 740 g/mol. The Morgan fingerprint density at radius 3 is 1.26 bits per heavy atom. The lowest BCUT2D eigenvalue weighted by molar-refractivity contribution is 0.669. The summed E-state index contributed by atoms with van der Waals surface area (Å²) in [6.45, 7) is 0. The van der Waals surface area contributed by atoms with Crippen molar-refractivity contribution < 1.29 is 4.42 Å². The minimum Gasteiger partial charge on any atom is -0.456 e. The van der Waals surface area contributed by atoms with Gasteiger partial charge in [-0.05, 0) is 134 Å². The van der Waals surface area contributed by atoms with E-state index in [-0.39, 0.29) is 0 Å². The van der Waals surface area contributed by atoms with Gasteiger partial charge in [0.1, 0.15) is 11.2 Å². The van der Waals surface area contributed by atoms with Crippen LogP contribution in [0.1, 0.15) is 0 Å². The molecule has 2 heterocycles. The molecule has 0 amide bonds. The molecule has 9 aromatic carbocycles. The summed E-state index contributed by atoms with van der Waals surface area (Å²) in [6.07, 6.45) is 2.33. The zero-order chi connectivity index (χ0) is 38.4. The summed E-state index contributed by atoms with van der Waals surface area (Å²) in [5.74, 6) is 0. The second kappa shape index (κ2) is 14.1. The van der Waals surface area contributed by atoms with Crippen molar-refractivity contribution in [3.05, 3.63) is 225 Å². The first-order valence-electron chi connectivity index (χ1n) is 19.8. The highest BCUT2D eigenvalue weighted by Crippen LogP contribution is 2.41. The third-order valence-electron chi connectivity index (χ3n) is 11.4. The van der Waals surface area contributed by atoms with Crippen LogP contribution in [0.2, 0.25) is 0 Å². The molecule has 2 aromatic heterocycles. The standard InChI is InChI=1S/C56H37NO/c1-5-15-38(16-6-1)43-29-44(39-17-7-2-8-18-39)32-47(31-43)42-25-27-54-51(35-42)53(37-57(54)49-26-28-56-52(36-49)50-23-13-14-24-55(50)58-56)48-33-45(40-19-9-3-10-20-40)30-46(34-48)41-21-11-4-12-22-41/h1-37H. The number of furan rings is 1. The van der Waals surface area contributed by atoms with Crippen LogP contribution in [0.25, 0.3) is 105 Å². The van der Waals surface area contributed by atoms with Crippen LogP contribution in [0.4, 0.5) is 0 Å². The summed E-state index contributed by atoms with van der Waals surface area (Å²) in [5.41, 5.74) is 18.2. The van der Waals surface area contributed by atoms with Gasteiger partial charge in [0.15, 0.2) is 0 Å². The third kappa shape index (κ3) is 6.09. The van der Waals surface area contributed by atoms with Crippen LogP contribution in [0.15, 0.2) is 229 Å². The van der Waals surface area contributed by atoms with Gasteiger partial charge in [-0.15, -0.1) is 0 Å². The van der Waals surface area contributed by atoms with E-state index in [1.54, 1.807) is 0 Å². The van der Waals surface area contributed by atoms with Crippen LogP contribution in [-0.4, -0.2) is 4.57 Å². The van der Waals surface area contributed by atoms with E-state index < -0.39 is 0 Å². The van der Waals surface area contributed by atoms with Crippen molar-refractivity contribution in [2.24, 2.45) is 0 Å². The zero-order valence-electron chi connectivity index (χ0n) is 31.7. The number of para-hydroxylation sites is 1. The van der Waals surface area contributed by atoms with Crippen molar-refractivity contribution >= 4 is 32.8 Å². The van der Waals surface area contributed by atoms with E-state index in [0.717, 1.165) is 33.1 Å². The monoisotopic (exact) mass is 739 g/mol. The molecule has 0 atom stereocenters. The Morgan fingerprint density at radius 1 is 0.276 bits per heavy atom. The highest BCUT2D eigenvalue weighted by atomic mass is 16.3. The Morgan fingerprint density at radius 2 is 0.724 bits per heavy atom. The molecule has 0 radical (unpaired) electrons. The number of benzene rings is 9. The Bertz CT molecular complexity index is 3130. The molecular weight excluding hydrogens is 703 g/mol. The van der Waals surface area contributed by atoms with Gasteiger partial charge in [-0.3, -0.25) is 0 Å². The second-order valence-corrected chi connectivity index (χ2v) is 15.0. The molecule has 58 heavy (non-hydrogen) atoms. The molecule has 0 saturated heterocycles. The van der Waals surface area contributed by atoms with Gasteiger partial charge in [0.25, 0.3) is 0 Å². The van der Waals surface area contributed by atoms with Crippen LogP contribution in [0.5, 0.6) is 0 Å². The van der Waals surface area contributed by atoms with Gasteiger partial charge in [-0.1, -0.05) is 146 Å². The summed E-state index contributed by atoms with van der Waals surface area (Å²) in [6, 6.07) is 78.6. The lowest BCUT2D eigenvalue weighted by Crippen LogP contribution is -1.91. The third-order valence-corrected chi connectivity index (χ3v) is 11.4. The zero-order valence-corrected chi connectivity index (χ0v) is 31.7. The molecule has 0 aliphatic carbocycles. The maximum absolute atomic E-state index is 6.25. The minimum atomic E-state index is 0.888. The molecule has 0 aliphatic heterocycles. The predicted molar refractivity (Wildman–Crippen MR) is 243 cm³/mol. The highest BCUT2D eigenvalue weighted by molar-refractivity contribution is 6.06. The molecule has 0 spiro atoms. The van der Waals surface area contributed by atoms with Crippen LogP contribution in [-0.2, 0) is 0 Å². The summed E-state index contributed by atoms with van der Waals surface area (Å²) in [4.78, 5) is 0. The second-order valence-electron chi connectivity index (χ2n) is 15.0. The SMILES string of the molecule is c1ccc(-c2cc(-c3ccccc3)cc(-c3ccc4c(c3)c(-c3cc(-c5ccccc5)cc(-c5ccccc5)c3)cn4-c3ccc4oc5ccccc5c4c3)c2)cc1. The maximum Gasteiger partial charge on any atom is 0.135 e. The fourth-order valence-electron chi connectivity index (χ4n) is 8.48. The Hall–Kier alpha value is -7.68. The molecule has 0 fully saturated rings. The molecule has 0 saturated carbocycles. The number of rotatable bonds is 7. The quantitative estimate of drug-likeness (QED) is 0.159. The number of hydrogen-bond donors (Lipinski definition) is 0. The van der Waals surface area contributed by atoms with E-state index in [9.17, 15) is 0 Å². The van der Waals surface area contributed by atoms with E-state index >= 15 is 0 Å². The highest BCUT2D eigenvalue weighted by Gasteiger charge is 2.18. The van der Waals surface area contributed by atoms with Gasteiger partial charge in [-0.25, -0.2) is 0 Å². The first-order chi connectivity index (χ1) is 28.7. The van der Waals surface area contributed by atoms with E-state index in [4.69, 9.17) is 4.42 Å². The van der Waals surface area contributed by atoms with Crippen LogP contribution >= 0.6 is 0 Å². The number of hydrogen-bond acceptors (Lipinski definition) is 1. The molecule has 0 aliphatic rings. The molecule has 2 nitrogen and oxygen atoms in total. The molecular formula is C56H37NO. The summed E-state index contributed by atoms with van der Waals surface area (Å²) in [5, 5.41) is 3.41. The minimum absolute atomic E-state index is 0.888. The van der Waals surface area contributed by atoms with Gasteiger partial charge < -0.3 is 8.98 Å². The molecule has 2 heteroatoms. The van der Waals surface area contributed by atoms with E-state index in [0.29, 0.717) is 0 Å². The topological polar surface area (TPSA) is 18.1 Å². The van der Waals surface area contributed by atoms with Gasteiger partial charge in [0, 0.05) is 33.6 Å². The van der Waals surface area contributed by atoms with Crippen molar-refractivity contribution in [3.63, 3.8) is 0 Å². The fourth-order valence-corrected chi connectivity index (χ4v) is 8.48. The van der Waals surface area contributed by atoms with E-state index in [1.165, 1.54) is 72.1 Å². The van der Waals surface area contributed by atoms with Crippen LogP contribution in [0, 0.1) is 0 Å². The average Bonchev–Trinajstić information content (AvgIpc) is 3.88. The van der Waals surface area contributed by atoms with E-state index in [1.807, 2.05) is 12.1 Å². The molecule has 11 rings (SSSR count). The Kier molecular flexibility index (Phi) is 8.19. The van der Waals surface area contributed by atoms with Crippen LogP contribution in [0.3, 0.4) is 0 Å². The summed E-state index contributed by atoms with van der Waals surface area (Å²) >= 11 is 0. The van der Waals surface area contributed by atoms with Gasteiger partial charge in [0.2, 0.25) is 0 Å². The summed E-state index contributed by atoms with van der Waals surface area (Å²) < 4.78 is 8.60. The number of aromatic nitrogens is 1. The fraction of sp³-hybridized carbons (Fsp3) is 0. The lowest BCUT2D eigenvalue weighted by atomic mass is 9.91. The van der Waals surface area contributed by atoms with Gasteiger partial charge >= 0.3 is 0 Å². The van der Waals surface area contributed by atoms with Crippen molar-refractivity contribution in [3.8, 4) is 72.4 Å². The molecule has 0 unspecified atom stereocenters. The number of fused-ring (bicyclic) bond motifs is 4. The van der Waals surface area contributed by atoms with Gasteiger partial charge in [-0.2, -0.15) is 0 Å². The van der Waals surface area contributed by atoms with Crippen molar-refractivity contribution in [1.82, 2.24) is 4.57 Å². The Labute approximate surface area is 337 Å². The Balaban J connectivity index is 1.16. The first-order valence-corrected chi connectivity index (χ1v) is 19.8. The van der Waals surface area contributed by atoms with Gasteiger partial charge in [0.05, 0.1) is 5.52 Å². The molecule has 11 aromatic rings. The van der Waals surface area contributed by atoms with Crippen molar-refractivity contribution in [2.45, 2.75) is 0 Å². The normalized spacial score (nSPS) is 11.4. The summed E-state index contributed by atoms with van der Waals surface area (Å²) in [7, 11) is 0. The largest absolute Gasteiger partial charge is 0.456 e. The smallest absolute Gasteiger partial charge is 0.135 e. The lowest BCUT2D eigenvalue weighted by Gasteiger charge is -2.13. The first kappa shape index (κ1) is 33.6. The number of nitrogens with zero attached hydrogens (tertiary/aromatic N) is 1.